The second-order valence-corrected chi connectivity index (χ2v) is 4.48. The Labute approximate surface area is 105 Å². The number of hydrazone groups is 1. The van der Waals surface area contributed by atoms with Gasteiger partial charge in [0.15, 0.2) is 0 Å². The summed E-state index contributed by atoms with van der Waals surface area (Å²) >= 11 is 0. The Morgan fingerprint density at radius 1 is 1.17 bits per heavy atom. The van der Waals surface area contributed by atoms with Crippen molar-refractivity contribution in [3.8, 4) is 0 Å². The minimum absolute atomic E-state index is 0.121. The lowest BCUT2D eigenvalue weighted by molar-refractivity contribution is -0.118. The molecule has 0 radical (unpaired) electrons. The van der Waals surface area contributed by atoms with E-state index >= 15 is 0 Å². The third kappa shape index (κ3) is 1.57. The second kappa shape index (κ2) is 3.91. The Balaban J connectivity index is 2.08. The van der Waals surface area contributed by atoms with Crippen molar-refractivity contribution >= 4 is 23.0 Å². The van der Waals surface area contributed by atoms with Crippen molar-refractivity contribution in [2.75, 3.05) is 5.01 Å². The van der Waals surface area contributed by atoms with E-state index in [1.54, 1.807) is 0 Å². The molecule has 1 aromatic carbocycles. The molecular weight excluding hydrogens is 226 g/mol. The number of hydrogen-bond acceptors (Lipinski definition) is 3. The number of amides is 1. The number of aliphatic imine (C=N–C) groups is 1. The van der Waals surface area contributed by atoms with Crippen LogP contribution in [0.25, 0.3) is 0 Å². The molecule has 0 spiro atoms. The normalized spacial score (nSPS) is 22.3. The number of hydrogen-bond donors (Lipinski definition) is 0. The maximum absolute atomic E-state index is 11.9. The molecular formula is C14H13N3O. The van der Waals surface area contributed by atoms with E-state index in [-0.39, 0.29) is 11.8 Å². The topological polar surface area (TPSA) is 45.0 Å². The van der Waals surface area contributed by atoms with Crippen LogP contribution in [0.4, 0.5) is 5.69 Å². The SMILES string of the molecule is CC1=NC(=O)C2C(=C1)N(c1ccccc1)N=C2C. The van der Waals surface area contributed by atoms with E-state index in [1.807, 2.05) is 55.3 Å². The molecule has 0 N–H and O–H groups in total. The van der Waals surface area contributed by atoms with Crippen LogP contribution in [-0.4, -0.2) is 17.3 Å². The number of carbonyl (C=O) groups is 1. The summed E-state index contributed by atoms with van der Waals surface area (Å²) in [7, 11) is 0. The lowest BCUT2D eigenvalue weighted by Gasteiger charge is -2.21. The summed E-state index contributed by atoms with van der Waals surface area (Å²) < 4.78 is 0. The first-order valence-corrected chi connectivity index (χ1v) is 5.88. The molecule has 2 aliphatic rings. The van der Waals surface area contributed by atoms with Crippen molar-refractivity contribution in [3.63, 3.8) is 0 Å². The average Bonchev–Trinajstić information content (AvgIpc) is 2.67. The van der Waals surface area contributed by atoms with Gasteiger partial charge < -0.3 is 0 Å². The van der Waals surface area contributed by atoms with Crippen LogP contribution in [0.2, 0.25) is 0 Å². The number of dihydropyridines is 1. The van der Waals surface area contributed by atoms with Gasteiger partial charge in [-0.3, -0.25) is 4.79 Å². The maximum Gasteiger partial charge on any atom is 0.260 e. The predicted molar refractivity (Wildman–Crippen MR) is 71.7 cm³/mol. The Bertz CT molecular complexity index is 599. The number of allylic oxidation sites excluding steroid dienone is 1. The van der Waals surface area contributed by atoms with Gasteiger partial charge >= 0.3 is 0 Å². The van der Waals surface area contributed by atoms with Crippen molar-refractivity contribution < 1.29 is 4.79 Å². The van der Waals surface area contributed by atoms with Gasteiger partial charge in [0.2, 0.25) is 0 Å². The number of para-hydroxylation sites is 1. The van der Waals surface area contributed by atoms with E-state index < -0.39 is 0 Å². The zero-order chi connectivity index (χ0) is 12.7. The van der Waals surface area contributed by atoms with Crippen LogP contribution in [0, 0.1) is 5.92 Å². The zero-order valence-electron chi connectivity index (χ0n) is 10.3. The number of rotatable bonds is 1. The van der Waals surface area contributed by atoms with Gasteiger partial charge in [-0.1, -0.05) is 18.2 Å². The summed E-state index contributed by atoms with van der Waals surface area (Å²) in [6, 6.07) is 9.83. The van der Waals surface area contributed by atoms with E-state index in [9.17, 15) is 4.79 Å². The number of nitrogens with zero attached hydrogens (tertiary/aromatic N) is 3. The molecule has 4 nitrogen and oxygen atoms in total. The van der Waals surface area contributed by atoms with E-state index in [0.717, 1.165) is 22.8 Å². The first-order valence-electron chi connectivity index (χ1n) is 5.88. The summed E-state index contributed by atoms with van der Waals surface area (Å²) in [5.41, 5.74) is 3.40. The highest BCUT2D eigenvalue weighted by atomic mass is 16.1. The molecule has 0 saturated carbocycles. The highest BCUT2D eigenvalue weighted by Gasteiger charge is 2.37. The van der Waals surface area contributed by atoms with Crippen LogP contribution in [0.15, 0.2) is 52.2 Å². The van der Waals surface area contributed by atoms with Crippen LogP contribution in [0.5, 0.6) is 0 Å². The Hall–Kier alpha value is -2.23. The van der Waals surface area contributed by atoms with Gasteiger partial charge in [0, 0.05) is 5.71 Å². The molecule has 0 aromatic heterocycles. The third-order valence-electron chi connectivity index (χ3n) is 3.11. The molecule has 0 fully saturated rings. The number of fused-ring (bicyclic) bond motifs is 1. The van der Waals surface area contributed by atoms with Crippen molar-refractivity contribution in [3.05, 3.63) is 42.1 Å². The van der Waals surface area contributed by atoms with E-state index in [1.165, 1.54) is 0 Å². The minimum atomic E-state index is -0.311. The van der Waals surface area contributed by atoms with Crippen molar-refractivity contribution in [2.45, 2.75) is 13.8 Å². The molecule has 0 aliphatic carbocycles. The first kappa shape index (κ1) is 10.9. The number of benzene rings is 1. The van der Waals surface area contributed by atoms with E-state index in [0.29, 0.717) is 0 Å². The second-order valence-electron chi connectivity index (χ2n) is 4.48. The summed E-state index contributed by atoms with van der Waals surface area (Å²) in [6.45, 7) is 3.70. The van der Waals surface area contributed by atoms with Crippen molar-refractivity contribution in [2.24, 2.45) is 16.0 Å². The quantitative estimate of drug-likeness (QED) is 0.755. The third-order valence-corrected chi connectivity index (χ3v) is 3.11. The molecule has 90 valence electrons. The summed E-state index contributed by atoms with van der Waals surface area (Å²) in [4.78, 5) is 15.9. The van der Waals surface area contributed by atoms with Crippen LogP contribution in [-0.2, 0) is 4.79 Å². The largest absolute Gasteiger partial charge is 0.271 e. The van der Waals surface area contributed by atoms with Crippen LogP contribution in [0.3, 0.4) is 0 Å². The molecule has 0 bridgehead atoms. The maximum atomic E-state index is 11.9. The Morgan fingerprint density at radius 3 is 2.61 bits per heavy atom. The fourth-order valence-electron chi connectivity index (χ4n) is 2.32. The van der Waals surface area contributed by atoms with Gasteiger partial charge in [0.05, 0.1) is 17.1 Å². The molecule has 2 aliphatic heterocycles. The van der Waals surface area contributed by atoms with Crippen LogP contribution < -0.4 is 5.01 Å². The molecule has 0 saturated heterocycles. The Morgan fingerprint density at radius 2 is 1.89 bits per heavy atom. The predicted octanol–water partition coefficient (Wildman–Crippen LogP) is 2.38. The summed E-state index contributed by atoms with van der Waals surface area (Å²) in [5, 5.41) is 6.31. The molecule has 1 aromatic rings. The standard InChI is InChI=1S/C14H13N3O/c1-9-8-12-13(14(18)15-9)10(2)16-17(12)11-6-4-3-5-7-11/h3-8,13H,1-2H3. The minimum Gasteiger partial charge on any atom is -0.271 e. The smallest absolute Gasteiger partial charge is 0.260 e. The van der Waals surface area contributed by atoms with Gasteiger partial charge in [-0.05, 0) is 32.1 Å². The zero-order valence-corrected chi connectivity index (χ0v) is 10.3. The molecule has 18 heavy (non-hydrogen) atoms. The van der Waals surface area contributed by atoms with E-state index in [4.69, 9.17) is 0 Å². The van der Waals surface area contributed by atoms with Crippen molar-refractivity contribution in [1.82, 2.24) is 0 Å². The van der Waals surface area contributed by atoms with Gasteiger partial charge in [-0.2, -0.15) is 5.10 Å². The Kier molecular flexibility index (Phi) is 2.37. The van der Waals surface area contributed by atoms with Crippen LogP contribution >= 0.6 is 0 Å². The van der Waals surface area contributed by atoms with Crippen molar-refractivity contribution in [1.29, 1.82) is 0 Å². The monoisotopic (exact) mass is 239 g/mol. The molecule has 1 amide bonds. The lowest BCUT2D eigenvalue weighted by atomic mass is 9.97. The molecule has 2 heterocycles. The average molecular weight is 239 g/mol. The summed E-state index contributed by atoms with van der Waals surface area (Å²) in [6.07, 6.45) is 1.93. The first-order chi connectivity index (χ1) is 8.66. The molecule has 4 heteroatoms. The lowest BCUT2D eigenvalue weighted by Crippen LogP contribution is -2.27. The molecule has 1 atom stereocenters. The van der Waals surface area contributed by atoms with Gasteiger partial charge in [0.25, 0.3) is 5.91 Å². The molecule has 3 rings (SSSR count). The number of carbonyl (C=O) groups excluding carboxylic acids is 1. The highest BCUT2D eigenvalue weighted by molar-refractivity contribution is 6.17. The van der Waals surface area contributed by atoms with Gasteiger partial charge in [-0.15, -0.1) is 0 Å². The van der Waals surface area contributed by atoms with E-state index in [2.05, 4.69) is 10.1 Å². The molecule has 1 unspecified atom stereocenters. The number of anilines is 1. The summed E-state index contributed by atoms with van der Waals surface area (Å²) in [5.74, 6) is -0.432. The van der Waals surface area contributed by atoms with Crippen LogP contribution in [0.1, 0.15) is 13.8 Å². The fourth-order valence-corrected chi connectivity index (χ4v) is 2.32. The fraction of sp³-hybridized carbons (Fsp3) is 0.214. The van der Waals surface area contributed by atoms with Gasteiger partial charge in [-0.25, -0.2) is 10.0 Å². The van der Waals surface area contributed by atoms with Gasteiger partial charge in [0.1, 0.15) is 5.92 Å². The highest BCUT2D eigenvalue weighted by Crippen LogP contribution is 2.33.